The summed E-state index contributed by atoms with van der Waals surface area (Å²) in [4.78, 5) is 0. The Kier molecular flexibility index (Phi) is 7.88. The highest BCUT2D eigenvalue weighted by atomic mass is 32.2. The standard InChI is InChI=1S/C9H17NS/c1-4-5-6-7-10-9(2)8-11-3/h1,9-10H,5-8H2,2-3H3. The second-order valence-electron chi connectivity index (χ2n) is 2.62. The van der Waals surface area contributed by atoms with Crippen molar-refractivity contribution in [2.75, 3.05) is 18.6 Å². The minimum absolute atomic E-state index is 0.614. The molecule has 1 atom stereocenters. The van der Waals surface area contributed by atoms with Crippen molar-refractivity contribution in [2.24, 2.45) is 0 Å². The third-order valence-electron chi connectivity index (χ3n) is 1.41. The van der Waals surface area contributed by atoms with Gasteiger partial charge in [0.1, 0.15) is 0 Å². The Morgan fingerprint density at radius 3 is 2.91 bits per heavy atom. The smallest absolute Gasteiger partial charge is 0.0129 e. The fraction of sp³-hybridized carbons (Fsp3) is 0.778. The highest BCUT2D eigenvalue weighted by molar-refractivity contribution is 7.98. The molecule has 0 aromatic rings. The highest BCUT2D eigenvalue weighted by Gasteiger charge is 1.97. The molecule has 0 fully saturated rings. The van der Waals surface area contributed by atoms with E-state index in [2.05, 4.69) is 24.4 Å². The molecule has 0 aliphatic rings. The molecular formula is C9H17NS. The summed E-state index contributed by atoms with van der Waals surface area (Å²) in [5, 5.41) is 3.40. The SMILES string of the molecule is C#CCCCNC(C)CSC. The van der Waals surface area contributed by atoms with Gasteiger partial charge in [-0.3, -0.25) is 0 Å². The average molecular weight is 171 g/mol. The molecule has 0 bridgehead atoms. The van der Waals surface area contributed by atoms with E-state index in [-0.39, 0.29) is 0 Å². The van der Waals surface area contributed by atoms with Crippen molar-refractivity contribution in [1.29, 1.82) is 0 Å². The molecule has 0 saturated carbocycles. The average Bonchev–Trinajstić information content (AvgIpc) is 1.99. The molecular weight excluding hydrogens is 154 g/mol. The van der Waals surface area contributed by atoms with Crippen LogP contribution in [0.5, 0.6) is 0 Å². The first-order valence-corrected chi connectivity index (χ1v) is 5.36. The fourth-order valence-electron chi connectivity index (χ4n) is 0.848. The van der Waals surface area contributed by atoms with E-state index >= 15 is 0 Å². The zero-order valence-corrected chi connectivity index (χ0v) is 8.21. The van der Waals surface area contributed by atoms with E-state index in [1.165, 1.54) is 5.75 Å². The zero-order chi connectivity index (χ0) is 8.53. The summed E-state index contributed by atoms with van der Waals surface area (Å²) in [6.07, 6.45) is 9.23. The number of hydrogen-bond donors (Lipinski definition) is 1. The van der Waals surface area contributed by atoms with Gasteiger partial charge < -0.3 is 5.32 Å². The maximum atomic E-state index is 5.12. The first kappa shape index (κ1) is 10.9. The second kappa shape index (κ2) is 7.97. The Bertz CT molecular complexity index is 117. The van der Waals surface area contributed by atoms with E-state index in [9.17, 15) is 0 Å². The van der Waals surface area contributed by atoms with Crippen LogP contribution in [0.15, 0.2) is 0 Å². The van der Waals surface area contributed by atoms with Gasteiger partial charge in [-0.1, -0.05) is 0 Å². The van der Waals surface area contributed by atoms with Gasteiger partial charge >= 0.3 is 0 Å². The Labute approximate surface area is 74.3 Å². The van der Waals surface area contributed by atoms with Crippen molar-refractivity contribution in [3.63, 3.8) is 0 Å². The molecule has 0 saturated heterocycles. The van der Waals surface area contributed by atoms with Crippen molar-refractivity contribution in [1.82, 2.24) is 5.32 Å². The van der Waals surface area contributed by atoms with Gasteiger partial charge in [-0.25, -0.2) is 0 Å². The Morgan fingerprint density at radius 1 is 1.64 bits per heavy atom. The summed E-state index contributed by atoms with van der Waals surface area (Å²) >= 11 is 1.87. The van der Waals surface area contributed by atoms with Crippen LogP contribution >= 0.6 is 11.8 Å². The Morgan fingerprint density at radius 2 is 2.36 bits per heavy atom. The summed E-state index contributed by atoms with van der Waals surface area (Å²) in [6, 6.07) is 0.614. The molecule has 0 aliphatic heterocycles. The summed E-state index contributed by atoms with van der Waals surface area (Å²) < 4.78 is 0. The predicted octanol–water partition coefficient (Wildman–Crippen LogP) is 1.74. The maximum absolute atomic E-state index is 5.12. The molecule has 0 aromatic heterocycles. The lowest BCUT2D eigenvalue weighted by molar-refractivity contribution is 0.581. The summed E-state index contributed by atoms with van der Waals surface area (Å²) in [5.74, 6) is 3.80. The van der Waals surface area contributed by atoms with Crippen LogP contribution in [0.4, 0.5) is 0 Å². The minimum atomic E-state index is 0.614. The van der Waals surface area contributed by atoms with Gasteiger partial charge in [0.15, 0.2) is 0 Å². The zero-order valence-electron chi connectivity index (χ0n) is 7.39. The van der Waals surface area contributed by atoms with E-state index in [0.29, 0.717) is 6.04 Å². The molecule has 1 nitrogen and oxygen atoms in total. The lowest BCUT2D eigenvalue weighted by atomic mass is 10.3. The number of thioether (sulfide) groups is 1. The highest BCUT2D eigenvalue weighted by Crippen LogP contribution is 1.96. The molecule has 0 heterocycles. The maximum Gasteiger partial charge on any atom is 0.0129 e. The van der Waals surface area contributed by atoms with Crippen LogP contribution in [0.25, 0.3) is 0 Å². The Balaban J connectivity index is 3.05. The van der Waals surface area contributed by atoms with Gasteiger partial charge in [0.2, 0.25) is 0 Å². The van der Waals surface area contributed by atoms with Gasteiger partial charge in [-0.15, -0.1) is 12.3 Å². The largest absolute Gasteiger partial charge is 0.313 e. The number of unbranched alkanes of at least 4 members (excludes halogenated alkanes) is 1. The van der Waals surface area contributed by atoms with Gasteiger partial charge in [0.25, 0.3) is 0 Å². The van der Waals surface area contributed by atoms with Crippen molar-refractivity contribution in [3.05, 3.63) is 0 Å². The van der Waals surface area contributed by atoms with Crippen LogP contribution in [0.2, 0.25) is 0 Å². The molecule has 0 radical (unpaired) electrons. The van der Waals surface area contributed by atoms with Crippen molar-refractivity contribution >= 4 is 11.8 Å². The fourth-order valence-corrected chi connectivity index (χ4v) is 1.47. The van der Waals surface area contributed by atoms with Crippen LogP contribution in [-0.2, 0) is 0 Å². The molecule has 0 amide bonds. The first-order chi connectivity index (χ1) is 5.31. The topological polar surface area (TPSA) is 12.0 Å². The van der Waals surface area contributed by atoms with E-state index in [4.69, 9.17) is 6.42 Å². The molecule has 2 heteroatoms. The summed E-state index contributed by atoms with van der Waals surface area (Å²) in [6.45, 7) is 3.25. The Hall–Kier alpha value is -0.130. The molecule has 0 aromatic carbocycles. The number of hydrogen-bond acceptors (Lipinski definition) is 2. The summed E-state index contributed by atoms with van der Waals surface area (Å²) in [5.41, 5.74) is 0. The lowest BCUT2D eigenvalue weighted by Gasteiger charge is -2.10. The van der Waals surface area contributed by atoms with Crippen LogP contribution in [0, 0.1) is 12.3 Å². The minimum Gasteiger partial charge on any atom is -0.313 e. The molecule has 0 rings (SSSR count). The van der Waals surface area contributed by atoms with Crippen molar-refractivity contribution in [3.8, 4) is 12.3 Å². The molecule has 64 valence electrons. The van der Waals surface area contributed by atoms with Gasteiger partial charge in [0, 0.05) is 18.2 Å². The van der Waals surface area contributed by atoms with Crippen molar-refractivity contribution in [2.45, 2.75) is 25.8 Å². The number of rotatable bonds is 6. The quantitative estimate of drug-likeness (QED) is 0.482. The third kappa shape index (κ3) is 7.77. The predicted molar refractivity (Wildman–Crippen MR) is 53.9 cm³/mol. The van der Waals surface area contributed by atoms with Crippen LogP contribution in [0.3, 0.4) is 0 Å². The molecule has 0 spiro atoms. The van der Waals surface area contributed by atoms with E-state index < -0.39 is 0 Å². The van der Waals surface area contributed by atoms with E-state index in [0.717, 1.165) is 19.4 Å². The van der Waals surface area contributed by atoms with E-state index in [1.807, 2.05) is 11.8 Å². The normalized spacial score (nSPS) is 12.5. The lowest BCUT2D eigenvalue weighted by Crippen LogP contribution is -2.28. The second-order valence-corrected chi connectivity index (χ2v) is 3.53. The summed E-state index contributed by atoms with van der Waals surface area (Å²) in [7, 11) is 0. The third-order valence-corrected chi connectivity index (χ3v) is 2.24. The monoisotopic (exact) mass is 171 g/mol. The van der Waals surface area contributed by atoms with Crippen LogP contribution < -0.4 is 5.32 Å². The number of nitrogens with one attached hydrogen (secondary N) is 1. The first-order valence-electron chi connectivity index (χ1n) is 3.97. The molecule has 11 heavy (non-hydrogen) atoms. The molecule has 0 aliphatic carbocycles. The van der Waals surface area contributed by atoms with Gasteiger partial charge in [-0.2, -0.15) is 11.8 Å². The van der Waals surface area contributed by atoms with Crippen LogP contribution in [0.1, 0.15) is 19.8 Å². The van der Waals surface area contributed by atoms with Gasteiger partial charge in [0.05, 0.1) is 0 Å². The van der Waals surface area contributed by atoms with Crippen LogP contribution in [-0.4, -0.2) is 24.6 Å². The molecule has 1 N–H and O–H groups in total. The van der Waals surface area contributed by atoms with E-state index in [1.54, 1.807) is 0 Å². The van der Waals surface area contributed by atoms with Crippen molar-refractivity contribution < 1.29 is 0 Å². The number of terminal acetylenes is 1. The molecule has 1 unspecified atom stereocenters. The van der Waals surface area contributed by atoms with Gasteiger partial charge in [-0.05, 0) is 26.1 Å².